The van der Waals surface area contributed by atoms with Gasteiger partial charge in [-0.2, -0.15) is 5.10 Å². The monoisotopic (exact) mass is 405 g/mol. The summed E-state index contributed by atoms with van der Waals surface area (Å²) in [4.78, 5) is 14.5. The summed E-state index contributed by atoms with van der Waals surface area (Å²) in [5.41, 5.74) is 3.96. The Kier molecular flexibility index (Phi) is 6.14. The predicted octanol–water partition coefficient (Wildman–Crippen LogP) is 4.08. The zero-order chi connectivity index (χ0) is 20.9. The molecule has 0 amide bonds. The van der Waals surface area contributed by atoms with Crippen molar-refractivity contribution in [1.29, 1.82) is 0 Å². The molecule has 6 heteroatoms. The van der Waals surface area contributed by atoms with Gasteiger partial charge in [-0.1, -0.05) is 36.8 Å². The van der Waals surface area contributed by atoms with E-state index < -0.39 is 0 Å². The smallest absolute Gasteiger partial charge is 0.323 e. The third-order valence-corrected chi connectivity index (χ3v) is 5.61. The Balaban J connectivity index is 1.73. The quantitative estimate of drug-likeness (QED) is 0.579. The Hall–Kier alpha value is -3.12. The molecule has 1 aliphatic rings. The highest BCUT2D eigenvalue weighted by atomic mass is 16.5. The lowest BCUT2D eigenvalue weighted by atomic mass is 10.0. The molecule has 0 saturated carbocycles. The third kappa shape index (κ3) is 4.24. The number of benzene rings is 2. The molecule has 1 saturated heterocycles. The Morgan fingerprint density at radius 1 is 1.10 bits per heavy atom. The van der Waals surface area contributed by atoms with Crippen LogP contribution in [0.1, 0.15) is 24.8 Å². The van der Waals surface area contributed by atoms with Gasteiger partial charge < -0.3 is 9.47 Å². The summed E-state index contributed by atoms with van der Waals surface area (Å²) < 4.78 is 12.4. The first kappa shape index (κ1) is 20.2. The number of methoxy groups -OCH3 is 2. The molecule has 0 spiro atoms. The molecule has 0 bridgehead atoms. The first-order chi connectivity index (χ1) is 14.7. The van der Waals surface area contributed by atoms with Gasteiger partial charge in [-0.25, -0.2) is 4.68 Å². The van der Waals surface area contributed by atoms with Crippen molar-refractivity contribution in [3.05, 3.63) is 66.4 Å². The van der Waals surface area contributed by atoms with Crippen LogP contribution in [0.15, 0.2) is 60.8 Å². The lowest BCUT2D eigenvalue weighted by Gasteiger charge is -2.33. The minimum Gasteiger partial charge on any atom is -0.497 e. The fourth-order valence-corrected chi connectivity index (χ4v) is 4.05. The number of hydrogen-bond acceptors (Lipinski definition) is 5. The van der Waals surface area contributed by atoms with Crippen LogP contribution in [-0.4, -0.2) is 47.5 Å². The summed E-state index contributed by atoms with van der Waals surface area (Å²) in [5.74, 6) is 0.631. The van der Waals surface area contributed by atoms with E-state index in [4.69, 9.17) is 14.6 Å². The van der Waals surface area contributed by atoms with Crippen LogP contribution in [-0.2, 0) is 16.1 Å². The zero-order valence-electron chi connectivity index (χ0n) is 17.5. The second-order valence-corrected chi connectivity index (χ2v) is 7.52. The van der Waals surface area contributed by atoms with Gasteiger partial charge in [-0.3, -0.25) is 9.69 Å². The van der Waals surface area contributed by atoms with Crippen LogP contribution in [0.2, 0.25) is 0 Å². The minimum absolute atomic E-state index is 0.159. The lowest BCUT2D eigenvalue weighted by Crippen LogP contribution is -2.44. The van der Waals surface area contributed by atoms with E-state index in [9.17, 15) is 4.79 Å². The van der Waals surface area contributed by atoms with Crippen molar-refractivity contribution in [2.75, 3.05) is 20.8 Å². The molecule has 0 N–H and O–H groups in total. The summed E-state index contributed by atoms with van der Waals surface area (Å²) in [6, 6.07) is 17.8. The maximum absolute atomic E-state index is 12.3. The van der Waals surface area contributed by atoms with E-state index in [1.165, 1.54) is 7.11 Å². The summed E-state index contributed by atoms with van der Waals surface area (Å²) in [6.07, 6.45) is 5.01. The van der Waals surface area contributed by atoms with Gasteiger partial charge in [0.15, 0.2) is 0 Å². The Labute approximate surface area is 177 Å². The molecule has 1 unspecified atom stereocenters. The van der Waals surface area contributed by atoms with Gasteiger partial charge in [0.1, 0.15) is 11.8 Å². The van der Waals surface area contributed by atoms with Crippen LogP contribution in [0.5, 0.6) is 5.75 Å². The van der Waals surface area contributed by atoms with Crippen molar-refractivity contribution in [3.63, 3.8) is 0 Å². The maximum Gasteiger partial charge on any atom is 0.323 e. The van der Waals surface area contributed by atoms with Gasteiger partial charge in [-0.15, -0.1) is 0 Å². The van der Waals surface area contributed by atoms with Gasteiger partial charge in [0.25, 0.3) is 0 Å². The molecule has 0 radical (unpaired) electrons. The molecule has 4 rings (SSSR count). The van der Waals surface area contributed by atoms with Gasteiger partial charge in [-0.05, 0) is 43.7 Å². The summed E-state index contributed by atoms with van der Waals surface area (Å²) in [7, 11) is 3.13. The Morgan fingerprint density at radius 2 is 1.93 bits per heavy atom. The molecule has 156 valence electrons. The number of ether oxygens (including phenoxy) is 2. The summed E-state index contributed by atoms with van der Waals surface area (Å²) in [6.45, 7) is 1.51. The number of para-hydroxylation sites is 1. The van der Waals surface area contributed by atoms with E-state index in [-0.39, 0.29) is 12.0 Å². The molecule has 1 atom stereocenters. The highest BCUT2D eigenvalue weighted by Crippen LogP contribution is 2.29. The average molecular weight is 405 g/mol. The molecule has 30 heavy (non-hydrogen) atoms. The van der Waals surface area contributed by atoms with Crippen LogP contribution in [0.25, 0.3) is 16.9 Å². The van der Waals surface area contributed by atoms with Gasteiger partial charge in [0.05, 0.1) is 25.6 Å². The summed E-state index contributed by atoms with van der Waals surface area (Å²) in [5, 5.41) is 4.90. The number of esters is 1. The highest BCUT2D eigenvalue weighted by Gasteiger charge is 2.30. The van der Waals surface area contributed by atoms with Crippen LogP contribution in [0.3, 0.4) is 0 Å². The molecule has 3 aromatic rings. The highest BCUT2D eigenvalue weighted by molar-refractivity contribution is 5.75. The predicted molar refractivity (Wildman–Crippen MR) is 116 cm³/mol. The standard InChI is InChI=1S/C24H27N3O3/c1-29-21-12-8-9-18(15-21)23-19(17-27(25-23)20-10-4-3-5-11-20)16-26-14-7-6-13-22(26)24(28)30-2/h3-5,8-12,15,17,22H,6-7,13-14,16H2,1-2H3. The van der Waals surface area contributed by atoms with E-state index >= 15 is 0 Å². The van der Waals surface area contributed by atoms with Crippen molar-refractivity contribution < 1.29 is 14.3 Å². The second kappa shape index (κ2) is 9.13. The first-order valence-electron chi connectivity index (χ1n) is 10.3. The molecule has 1 aliphatic heterocycles. The largest absolute Gasteiger partial charge is 0.497 e. The molecule has 6 nitrogen and oxygen atoms in total. The van der Waals surface area contributed by atoms with E-state index in [0.29, 0.717) is 6.54 Å². The average Bonchev–Trinajstić information content (AvgIpc) is 3.23. The van der Waals surface area contributed by atoms with Crippen molar-refractivity contribution in [2.24, 2.45) is 0 Å². The van der Waals surface area contributed by atoms with Gasteiger partial charge in [0.2, 0.25) is 0 Å². The van der Waals surface area contributed by atoms with Crippen molar-refractivity contribution in [3.8, 4) is 22.7 Å². The van der Waals surface area contributed by atoms with Crippen LogP contribution in [0, 0.1) is 0 Å². The third-order valence-electron chi connectivity index (χ3n) is 5.61. The molecule has 0 aliphatic carbocycles. The molecular weight excluding hydrogens is 378 g/mol. The second-order valence-electron chi connectivity index (χ2n) is 7.52. The number of nitrogens with zero attached hydrogens (tertiary/aromatic N) is 3. The number of hydrogen-bond donors (Lipinski definition) is 0. The van der Waals surface area contributed by atoms with Gasteiger partial charge >= 0.3 is 5.97 Å². The number of piperidine rings is 1. The molecule has 2 heterocycles. The molecule has 1 fully saturated rings. The normalized spacial score (nSPS) is 16.9. The van der Waals surface area contributed by atoms with Crippen molar-refractivity contribution in [1.82, 2.24) is 14.7 Å². The summed E-state index contributed by atoms with van der Waals surface area (Å²) >= 11 is 0. The number of carbonyl (C=O) groups is 1. The fraction of sp³-hybridized carbons (Fsp3) is 0.333. The topological polar surface area (TPSA) is 56.6 Å². The SMILES string of the molecule is COC(=O)C1CCCCN1Cc1cn(-c2ccccc2)nc1-c1cccc(OC)c1. The van der Waals surface area contributed by atoms with Crippen molar-refractivity contribution >= 4 is 5.97 Å². The van der Waals surface area contributed by atoms with Gasteiger partial charge in [0, 0.05) is 23.9 Å². The lowest BCUT2D eigenvalue weighted by molar-refractivity contribution is -0.148. The van der Waals surface area contributed by atoms with E-state index in [2.05, 4.69) is 11.1 Å². The van der Waals surface area contributed by atoms with Crippen LogP contribution in [0.4, 0.5) is 0 Å². The number of rotatable bonds is 6. The van der Waals surface area contributed by atoms with Crippen LogP contribution < -0.4 is 4.74 Å². The Morgan fingerprint density at radius 3 is 2.70 bits per heavy atom. The van der Waals surface area contributed by atoms with Crippen LogP contribution >= 0.6 is 0 Å². The Bertz CT molecular complexity index is 1000. The van der Waals surface area contributed by atoms with E-state index in [1.807, 2.05) is 59.3 Å². The fourth-order valence-electron chi connectivity index (χ4n) is 4.05. The molecular formula is C24H27N3O3. The number of likely N-dealkylation sites (tertiary alicyclic amines) is 1. The number of carbonyl (C=O) groups excluding carboxylic acids is 1. The molecule has 1 aromatic heterocycles. The number of aromatic nitrogens is 2. The zero-order valence-corrected chi connectivity index (χ0v) is 17.5. The maximum atomic E-state index is 12.3. The minimum atomic E-state index is -0.206. The molecule has 2 aromatic carbocycles. The van der Waals surface area contributed by atoms with Crippen molar-refractivity contribution in [2.45, 2.75) is 31.8 Å². The van der Waals surface area contributed by atoms with E-state index in [1.54, 1.807) is 7.11 Å². The van der Waals surface area contributed by atoms with E-state index in [0.717, 1.165) is 54.1 Å². The first-order valence-corrected chi connectivity index (χ1v) is 10.3.